The minimum absolute atomic E-state index is 0.0964. The van der Waals surface area contributed by atoms with Gasteiger partial charge in [-0.2, -0.15) is 14.0 Å². The zero-order valence-electron chi connectivity index (χ0n) is 7.01. The third kappa shape index (κ3) is 2.66. The Morgan fingerprint density at radius 3 is 2.64 bits per heavy atom. The molecule has 0 saturated carbocycles. The summed E-state index contributed by atoms with van der Waals surface area (Å²) < 4.78 is 40.4. The first-order chi connectivity index (χ1) is 6.63. The van der Waals surface area contributed by atoms with Crippen LogP contribution in [-0.4, -0.2) is 6.61 Å². The van der Waals surface area contributed by atoms with Crippen LogP contribution in [0.25, 0.3) is 0 Å². The number of hydrogen-bond acceptors (Lipinski definition) is 2. The molecule has 0 aromatic heterocycles. The Hall–Kier alpha value is -1.70. The number of benzene rings is 1. The summed E-state index contributed by atoms with van der Waals surface area (Å²) in [4.78, 5) is 0. The van der Waals surface area contributed by atoms with Crippen LogP contribution in [0.1, 0.15) is 5.56 Å². The second-order valence-corrected chi connectivity index (χ2v) is 2.47. The molecule has 0 fully saturated rings. The first-order valence-electron chi connectivity index (χ1n) is 3.73. The van der Waals surface area contributed by atoms with Crippen molar-refractivity contribution in [1.82, 2.24) is 0 Å². The number of nitriles is 1. The van der Waals surface area contributed by atoms with Crippen LogP contribution in [0.3, 0.4) is 0 Å². The first-order valence-corrected chi connectivity index (χ1v) is 3.73. The third-order valence-electron chi connectivity index (χ3n) is 1.52. The fourth-order valence-electron chi connectivity index (χ4n) is 0.933. The predicted octanol–water partition coefficient (Wildman–Crippen LogP) is 2.49. The van der Waals surface area contributed by atoms with Gasteiger partial charge in [0.25, 0.3) is 0 Å². The number of nitrogens with zero attached hydrogens (tertiary/aromatic N) is 1. The highest BCUT2D eigenvalue weighted by atomic mass is 19.3. The lowest BCUT2D eigenvalue weighted by Crippen LogP contribution is -2.02. The normalized spacial score (nSPS) is 9.93. The molecule has 0 N–H and O–H groups in total. The molecule has 0 heterocycles. The molecule has 2 nitrogen and oxygen atoms in total. The lowest BCUT2D eigenvalue weighted by atomic mass is 10.1. The van der Waals surface area contributed by atoms with Gasteiger partial charge in [-0.05, 0) is 6.07 Å². The van der Waals surface area contributed by atoms with E-state index in [9.17, 15) is 13.2 Å². The van der Waals surface area contributed by atoms with Crippen molar-refractivity contribution >= 4 is 0 Å². The molecular weight excluding hydrogens is 195 g/mol. The smallest absolute Gasteiger partial charge is 0.387 e. The van der Waals surface area contributed by atoms with Crippen molar-refractivity contribution in [3.63, 3.8) is 0 Å². The molecule has 5 heteroatoms. The Morgan fingerprint density at radius 1 is 1.43 bits per heavy atom. The molecule has 14 heavy (non-hydrogen) atoms. The van der Waals surface area contributed by atoms with Gasteiger partial charge in [-0.15, -0.1) is 0 Å². The summed E-state index contributed by atoms with van der Waals surface area (Å²) in [6, 6.07) is 5.03. The number of rotatable bonds is 3. The van der Waals surface area contributed by atoms with Crippen LogP contribution in [0.4, 0.5) is 13.2 Å². The second kappa shape index (κ2) is 4.51. The van der Waals surface area contributed by atoms with Crippen LogP contribution in [0.2, 0.25) is 0 Å². The topological polar surface area (TPSA) is 33.0 Å². The van der Waals surface area contributed by atoms with Gasteiger partial charge in [0.05, 0.1) is 12.5 Å². The van der Waals surface area contributed by atoms with E-state index < -0.39 is 12.4 Å². The van der Waals surface area contributed by atoms with E-state index in [4.69, 9.17) is 5.26 Å². The Kier molecular flexibility index (Phi) is 3.35. The van der Waals surface area contributed by atoms with Gasteiger partial charge in [0.2, 0.25) is 0 Å². The molecule has 0 saturated heterocycles. The number of hydrogen-bond donors (Lipinski definition) is 0. The summed E-state index contributed by atoms with van der Waals surface area (Å²) >= 11 is 0. The largest absolute Gasteiger partial charge is 0.435 e. The zero-order valence-corrected chi connectivity index (χ0v) is 7.01. The molecule has 0 bridgehead atoms. The molecule has 0 aliphatic heterocycles. The highest BCUT2D eigenvalue weighted by molar-refractivity contribution is 5.30. The number of ether oxygens (including phenoxy) is 1. The monoisotopic (exact) mass is 201 g/mol. The SMILES string of the molecule is N#CCc1ccc(OC(F)F)cc1F. The van der Waals surface area contributed by atoms with Gasteiger partial charge in [0.1, 0.15) is 11.6 Å². The van der Waals surface area contributed by atoms with E-state index >= 15 is 0 Å². The molecule has 0 spiro atoms. The summed E-state index contributed by atoms with van der Waals surface area (Å²) in [5, 5.41) is 8.29. The molecule has 0 aliphatic carbocycles. The molecule has 0 aliphatic rings. The fourth-order valence-corrected chi connectivity index (χ4v) is 0.933. The maximum Gasteiger partial charge on any atom is 0.387 e. The van der Waals surface area contributed by atoms with Crippen molar-refractivity contribution in [2.24, 2.45) is 0 Å². The summed E-state index contributed by atoms with van der Waals surface area (Å²) in [7, 11) is 0. The molecular formula is C9H6F3NO. The van der Waals surface area contributed by atoms with Gasteiger partial charge >= 0.3 is 6.61 Å². The van der Waals surface area contributed by atoms with E-state index in [-0.39, 0.29) is 17.7 Å². The standard InChI is InChI=1S/C9H6F3NO/c10-8-5-7(14-9(11)12)2-1-6(8)3-4-13/h1-2,5,9H,3H2. The molecule has 1 aromatic rings. The average molecular weight is 201 g/mol. The Morgan fingerprint density at radius 2 is 2.14 bits per heavy atom. The van der Waals surface area contributed by atoms with Gasteiger partial charge in [0, 0.05) is 11.6 Å². The van der Waals surface area contributed by atoms with E-state index in [0.29, 0.717) is 0 Å². The van der Waals surface area contributed by atoms with Crippen molar-refractivity contribution in [2.75, 3.05) is 0 Å². The van der Waals surface area contributed by atoms with E-state index in [2.05, 4.69) is 4.74 Å². The quantitative estimate of drug-likeness (QED) is 0.752. The van der Waals surface area contributed by atoms with Crippen LogP contribution in [-0.2, 0) is 6.42 Å². The average Bonchev–Trinajstić information content (AvgIpc) is 2.09. The Balaban J connectivity index is 2.84. The zero-order chi connectivity index (χ0) is 10.6. The van der Waals surface area contributed by atoms with Crippen LogP contribution in [0, 0.1) is 17.1 Å². The number of alkyl halides is 2. The minimum atomic E-state index is -2.98. The highest BCUT2D eigenvalue weighted by Gasteiger charge is 2.07. The molecule has 0 radical (unpaired) electrons. The molecule has 1 rings (SSSR count). The van der Waals surface area contributed by atoms with E-state index in [1.54, 1.807) is 6.07 Å². The predicted molar refractivity (Wildman–Crippen MR) is 42.3 cm³/mol. The van der Waals surface area contributed by atoms with Crippen molar-refractivity contribution < 1.29 is 17.9 Å². The lowest BCUT2D eigenvalue weighted by molar-refractivity contribution is -0.0500. The van der Waals surface area contributed by atoms with Crippen molar-refractivity contribution in [2.45, 2.75) is 13.0 Å². The van der Waals surface area contributed by atoms with Gasteiger partial charge in [-0.3, -0.25) is 0 Å². The Labute approximate surface area is 78.5 Å². The first kappa shape index (κ1) is 10.4. The summed E-state index contributed by atoms with van der Waals surface area (Å²) in [6.45, 7) is -2.98. The van der Waals surface area contributed by atoms with Crippen molar-refractivity contribution in [3.8, 4) is 11.8 Å². The third-order valence-corrected chi connectivity index (χ3v) is 1.52. The van der Waals surface area contributed by atoms with E-state index in [0.717, 1.165) is 6.07 Å². The highest BCUT2D eigenvalue weighted by Crippen LogP contribution is 2.18. The minimum Gasteiger partial charge on any atom is -0.435 e. The summed E-state index contributed by atoms with van der Waals surface area (Å²) in [6.07, 6.45) is -0.0964. The maximum atomic E-state index is 13.0. The van der Waals surface area contributed by atoms with Crippen molar-refractivity contribution in [1.29, 1.82) is 5.26 Å². The van der Waals surface area contributed by atoms with E-state index in [1.165, 1.54) is 12.1 Å². The molecule has 1 aromatic carbocycles. The van der Waals surface area contributed by atoms with Gasteiger partial charge in [-0.1, -0.05) is 6.07 Å². The second-order valence-electron chi connectivity index (χ2n) is 2.47. The Bertz CT molecular complexity index is 360. The van der Waals surface area contributed by atoms with Crippen LogP contribution in [0.15, 0.2) is 18.2 Å². The van der Waals surface area contributed by atoms with Crippen LogP contribution < -0.4 is 4.74 Å². The lowest BCUT2D eigenvalue weighted by Gasteiger charge is -2.05. The van der Waals surface area contributed by atoms with Crippen molar-refractivity contribution in [3.05, 3.63) is 29.6 Å². The fraction of sp³-hybridized carbons (Fsp3) is 0.222. The van der Waals surface area contributed by atoms with Crippen LogP contribution >= 0.6 is 0 Å². The summed E-state index contributed by atoms with van der Waals surface area (Å²) in [5.41, 5.74) is 0.161. The van der Waals surface area contributed by atoms with Gasteiger partial charge in [-0.25, -0.2) is 4.39 Å². The summed E-state index contributed by atoms with van der Waals surface area (Å²) in [5.74, 6) is -0.969. The molecule has 0 atom stereocenters. The molecule has 0 unspecified atom stereocenters. The van der Waals surface area contributed by atoms with Gasteiger partial charge in [0.15, 0.2) is 0 Å². The van der Waals surface area contributed by atoms with E-state index in [1.807, 2.05) is 0 Å². The molecule has 74 valence electrons. The molecule has 0 amide bonds. The van der Waals surface area contributed by atoms with Gasteiger partial charge < -0.3 is 4.74 Å². The van der Waals surface area contributed by atoms with Crippen LogP contribution in [0.5, 0.6) is 5.75 Å². The maximum absolute atomic E-state index is 13.0. The number of halogens is 3.